The molecule has 0 amide bonds. The number of fused-ring (bicyclic) bond motifs is 8. The average molecular weight is 791 g/mol. The molecule has 18 nitrogen and oxygen atoms in total. The fourth-order valence-electron chi connectivity index (χ4n) is 9.42. The van der Waals surface area contributed by atoms with E-state index in [0.29, 0.717) is 36.1 Å². The number of aliphatic hydroxyl groups excluding tert-OH is 2. The molecule has 0 spiro atoms. The summed E-state index contributed by atoms with van der Waals surface area (Å²) >= 11 is 0. The number of likely N-dealkylation sites (N-methyl/N-ethyl adjacent to an activating group) is 2. The Hall–Kier alpha value is -4.20. The van der Waals surface area contributed by atoms with Crippen molar-refractivity contribution in [2.75, 3.05) is 28.2 Å². The molecule has 0 radical (unpaired) electrons. The van der Waals surface area contributed by atoms with Crippen molar-refractivity contribution in [3.05, 3.63) is 35.5 Å². The van der Waals surface area contributed by atoms with Crippen molar-refractivity contribution < 1.29 is 87.4 Å². The molecular formula is C38H50N2O16. The summed E-state index contributed by atoms with van der Waals surface area (Å²) in [6.45, 7) is 7.49. The normalized spacial score (nSPS) is 44.1. The molecule has 6 heterocycles. The standard InChI is InChI=1S/2C17H23NO6.C4H4O4/c2*1-7-11-9-5-8(16(21)22-9)12(18(3)4)13(19)14-17(2,24-14)6-10(11)23-15(7)20;5-3(6)1-2-4(7)8/h2*5,7,9-14,19H,6H2,1-4H3;1-2H,(H,5,6)(H,7,8)/b;;2-1-. The molecule has 18 heteroatoms. The number of epoxide rings is 2. The van der Waals surface area contributed by atoms with E-state index < -0.39 is 71.6 Å². The molecule has 308 valence electrons. The van der Waals surface area contributed by atoms with E-state index in [9.17, 15) is 49.2 Å². The highest BCUT2D eigenvalue weighted by molar-refractivity contribution is 5.93. The molecule has 8 rings (SSSR count). The number of rotatable bonds is 4. The van der Waals surface area contributed by atoms with E-state index in [0.717, 1.165) is 9.80 Å². The lowest BCUT2D eigenvalue weighted by atomic mass is 9.80. The minimum absolute atomic E-state index is 0.214. The largest absolute Gasteiger partial charge is 0.545 e. The number of nitrogens with one attached hydrogen (secondary N) is 2. The van der Waals surface area contributed by atoms with Crippen LogP contribution in [0.4, 0.5) is 0 Å². The average Bonchev–Trinajstić information content (AvgIpc) is 3.71. The van der Waals surface area contributed by atoms with Crippen molar-refractivity contribution >= 4 is 35.8 Å². The summed E-state index contributed by atoms with van der Waals surface area (Å²) < 4.78 is 33.9. The summed E-state index contributed by atoms with van der Waals surface area (Å²) in [7, 11) is 7.59. The van der Waals surface area contributed by atoms with Crippen LogP contribution in [0.5, 0.6) is 0 Å². The van der Waals surface area contributed by atoms with Gasteiger partial charge in [0.05, 0.1) is 74.3 Å². The number of aliphatic hydroxyl groups is 2. The Kier molecular flexibility index (Phi) is 11.1. The number of carboxylic acids is 2. The molecular weight excluding hydrogens is 740 g/mol. The highest BCUT2D eigenvalue weighted by atomic mass is 16.6. The molecule has 4 N–H and O–H groups in total. The third-order valence-electron chi connectivity index (χ3n) is 12.4. The van der Waals surface area contributed by atoms with E-state index in [1.807, 2.05) is 55.9 Å². The van der Waals surface area contributed by atoms with Gasteiger partial charge >= 0.3 is 23.9 Å². The van der Waals surface area contributed by atoms with Gasteiger partial charge in [0.1, 0.15) is 60.9 Å². The van der Waals surface area contributed by atoms with Crippen molar-refractivity contribution in [1.82, 2.24) is 0 Å². The molecule has 16 atom stereocenters. The zero-order valence-electron chi connectivity index (χ0n) is 32.4. The summed E-state index contributed by atoms with van der Waals surface area (Å²) in [5.74, 6) is -5.56. The van der Waals surface area contributed by atoms with Crippen LogP contribution in [0.3, 0.4) is 0 Å². The van der Waals surface area contributed by atoms with Crippen LogP contribution in [0.1, 0.15) is 40.5 Å². The Morgan fingerprint density at radius 3 is 1.32 bits per heavy atom. The Balaban J connectivity index is 0.000000160. The summed E-state index contributed by atoms with van der Waals surface area (Å²) in [4.78, 5) is 69.7. The first-order chi connectivity index (χ1) is 26.1. The smallest absolute Gasteiger partial charge is 0.340 e. The molecule has 4 saturated heterocycles. The molecule has 6 aliphatic heterocycles. The molecule has 0 aromatic rings. The second kappa shape index (κ2) is 14.9. The maximum absolute atomic E-state index is 12.4. The summed E-state index contributed by atoms with van der Waals surface area (Å²) in [5.41, 5.74) is -0.142. The number of hydrogen-bond donors (Lipinski definition) is 4. The van der Waals surface area contributed by atoms with Gasteiger partial charge in [-0.25, -0.2) is 9.59 Å². The number of aliphatic carboxylic acids is 2. The lowest BCUT2D eigenvalue weighted by Crippen LogP contribution is -3.12. The Bertz CT molecular complexity index is 1630. The Labute approximate surface area is 322 Å². The number of carbonyl (C=O) groups is 6. The van der Waals surface area contributed by atoms with Gasteiger partial charge in [-0.15, -0.1) is 0 Å². The SMILES string of the molecule is CC1C(=O)OC2CC3(C)OC3C(O)C([NH+](C)C)C3=CC(OC3=O)C21.CC1C(=O)OC2CC3(C)OC3C(O)C([NH+](C)C)C3=CC(OC3=O)C21.O=C([O-])/C=C\C(=O)[O-]. The van der Waals surface area contributed by atoms with E-state index in [2.05, 4.69) is 0 Å². The van der Waals surface area contributed by atoms with Gasteiger partial charge in [-0.2, -0.15) is 0 Å². The number of carbonyl (C=O) groups excluding carboxylic acids is 6. The molecule has 56 heavy (non-hydrogen) atoms. The summed E-state index contributed by atoms with van der Waals surface area (Å²) in [6.07, 6.45) is 1.23. The minimum atomic E-state index is -1.55. The van der Waals surface area contributed by atoms with Crippen molar-refractivity contribution in [2.45, 2.75) is 113 Å². The zero-order valence-corrected chi connectivity index (χ0v) is 32.4. The highest BCUT2D eigenvalue weighted by Crippen LogP contribution is 2.51. The van der Waals surface area contributed by atoms with Gasteiger partial charge < -0.3 is 68.2 Å². The van der Waals surface area contributed by atoms with Crippen molar-refractivity contribution in [3.8, 4) is 0 Å². The number of hydrogen-bond acceptors (Lipinski definition) is 16. The first kappa shape index (κ1) is 41.4. The molecule has 16 unspecified atom stereocenters. The zero-order chi connectivity index (χ0) is 41.3. The predicted octanol–water partition coefficient (Wildman–Crippen LogP) is -6.06. The first-order valence-corrected chi connectivity index (χ1v) is 18.8. The van der Waals surface area contributed by atoms with E-state index in [1.54, 1.807) is 12.2 Å². The van der Waals surface area contributed by atoms with Crippen LogP contribution in [-0.2, 0) is 57.2 Å². The summed E-state index contributed by atoms with van der Waals surface area (Å²) in [6, 6.07) is -0.835. The molecule has 8 aliphatic rings. The monoisotopic (exact) mass is 790 g/mol. The van der Waals surface area contributed by atoms with Gasteiger partial charge in [0.25, 0.3) is 0 Å². The highest BCUT2D eigenvalue weighted by Gasteiger charge is 2.66. The van der Waals surface area contributed by atoms with Gasteiger partial charge in [-0.1, -0.05) is 13.8 Å². The van der Waals surface area contributed by atoms with Crippen LogP contribution >= 0.6 is 0 Å². The van der Waals surface area contributed by atoms with E-state index >= 15 is 0 Å². The van der Waals surface area contributed by atoms with Crippen LogP contribution in [0.25, 0.3) is 0 Å². The third-order valence-corrected chi connectivity index (χ3v) is 12.4. The topological polar surface area (TPSA) is 260 Å². The molecule has 4 bridgehead atoms. The van der Waals surface area contributed by atoms with Gasteiger partial charge in [0, 0.05) is 24.7 Å². The van der Waals surface area contributed by atoms with Crippen LogP contribution in [0.15, 0.2) is 35.5 Å². The second-order valence-electron chi connectivity index (χ2n) is 16.8. The summed E-state index contributed by atoms with van der Waals surface area (Å²) in [5, 5.41) is 40.5. The molecule has 4 fully saturated rings. The van der Waals surface area contributed by atoms with Crippen LogP contribution in [-0.4, -0.2) is 146 Å². The van der Waals surface area contributed by atoms with Gasteiger partial charge in [-0.05, 0) is 38.2 Å². The third kappa shape index (κ3) is 7.61. The van der Waals surface area contributed by atoms with Crippen molar-refractivity contribution in [1.29, 1.82) is 0 Å². The quantitative estimate of drug-likeness (QED) is 0.0894. The van der Waals surface area contributed by atoms with E-state index in [1.165, 1.54) is 0 Å². The lowest BCUT2D eigenvalue weighted by Gasteiger charge is -2.27. The van der Waals surface area contributed by atoms with Gasteiger partial charge in [0.15, 0.2) is 0 Å². The van der Waals surface area contributed by atoms with Crippen LogP contribution in [0.2, 0.25) is 0 Å². The maximum Gasteiger partial charge on any atom is 0.340 e. The van der Waals surface area contributed by atoms with E-state index in [-0.39, 0.29) is 60.0 Å². The number of esters is 4. The van der Waals surface area contributed by atoms with Crippen molar-refractivity contribution in [2.24, 2.45) is 23.7 Å². The molecule has 0 saturated carbocycles. The fourth-order valence-corrected chi connectivity index (χ4v) is 9.42. The predicted molar refractivity (Wildman–Crippen MR) is 181 cm³/mol. The second-order valence-corrected chi connectivity index (χ2v) is 16.8. The van der Waals surface area contributed by atoms with E-state index in [4.69, 9.17) is 28.4 Å². The maximum atomic E-state index is 12.4. The number of quaternary nitrogens is 2. The Morgan fingerprint density at radius 1 is 0.679 bits per heavy atom. The van der Waals surface area contributed by atoms with Gasteiger partial charge in [-0.3, -0.25) is 9.59 Å². The molecule has 2 aliphatic carbocycles. The van der Waals surface area contributed by atoms with Crippen molar-refractivity contribution in [3.63, 3.8) is 0 Å². The molecule has 0 aromatic heterocycles. The van der Waals surface area contributed by atoms with Crippen LogP contribution in [0, 0.1) is 23.7 Å². The fraction of sp³-hybridized carbons (Fsp3) is 0.684. The lowest BCUT2D eigenvalue weighted by molar-refractivity contribution is -0.883. The van der Waals surface area contributed by atoms with Crippen LogP contribution < -0.4 is 20.0 Å². The molecule has 0 aromatic carbocycles. The first-order valence-electron chi connectivity index (χ1n) is 18.8. The Morgan fingerprint density at radius 2 is 1.02 bits per heavy atom. The number of carboxylic acid groups (broad SMARTS) is 2. The van der Waals surface area contributed by atoms with Gasteiger partial charge in [0.2, 0.25) is 0 Å². The number of ether oxygens (including phenoxy) is 6. The minimum Gasteiger partial charge on any atom is -0.545 e.